The molecule has 82 valence electrons. The molecule has 0 aliphatic carbocycles. The number of hydrogen-bond acceptors (Lipinski definition) is 3. The summed E-state index contributed by atoms with van der Waals surface area (Å²) in [4.78, 5) is 15.6. The van der Waals surface area contributed by atoms with Crippen LogP contribution in [0.2, 0.25) is 0 Å². The summed E-state index contributed by atoms with van der Waals surface area (Å²) in [7, 11) is 0. The molecule has 1 amide bonds. The van der Waals surface area contributed by atoms with Gasteiger partial charge in [-0.05, 0) is 25.0 Å². The fourth-order valence-electron chi connectivity index (χ4n) is 1.27. The van der Waals surface area contributed by atoms with Crippen molar-refractivity contribution in [1.82, 2.24) is 10.3 Å². The Kier molecular flexibility index (Phi) is 4.24. The number of amides is 1. The summed E-state index contributed by atoms with van der Waals surface area (Å²) in [5, 5.41) is 11.7. The topological polar surface area (TPSA) is 62.2 Å². The maximum Gasteiger partial charge on any atom is 0.251 e. The van der Waals surface area contributed by atoms with Crippen molar-refractivity contribution >= 4 is 5.91 Å². The zero-order valence-electron chi connectivity index (χ0n) is 9.03. The van der Waals surface area contributed by atoms with E-state index >= 15 is 0 Å². The Balaban J connectivity index is 2.72. The molecule has 1 aromatic rings. The summed E-state index contributed by atoms with van der Waals surface area (Å²) in [5.41, 5.74) is 1.55. The predicted octanol–water partition coefficient (Wildman–Crippen LogP) is 0.755. The quantitative estimate of drug-likeness (QED) is 0.767. The van der Waals surface area contributed by atoms with Crippen LogP contribution in [0.4, 0.5) is 0 Å². The summed E-state index contributed by atoms with van der Waals surface area (Å²) in [6.45, 7) is 3.88. The van der Waals surface area contributed by atoms with Gasteiger partial charge in [-0.1, -0.05) is 6.92 Å². The number of aryl methyl sites for hydroxylation is 1. The highest BCUT2D eigenvalue weighted by Gasteiger charge is 2.09. The number of hydrogen-bond donors (Lipinski definition) is 2. The third kappa shape index (κ3) is 3.32. The number of carbonyl (C=O) groups is 1. The Morgan fingerprint density at radius 3 is 3.00 bits per heavy atom. The van der Waals surface area contributed by atoms with Crippen molar-refractivity contribution in [2.75, 3.05) is 6.54 Å². The van der Waals surface area contributed by atoms with E-state index in [0.717, 1.165) is 12.0 Å². The molecule has 0 radical (unpaired) electrons. The van der Waals surface area contributed by atoms with Crippen LogP contribution in [-0.4, -0.2) is 28.6 Å². The Bertz CT molecular complexity index is 337. The Morgan fingerprint density at radius 1 is 1.67 bits per heavy atom. The van der Waals surface area contributed by atoms with Crippen LogP contribution >= 0.6 is 0 Å². The van der Waals surface area contributed by atoms with Crippen LogP contribution in [-0.2, 0) is 6.42 Å². The van der Waals surface area contributed by atoms with Gasteiger partial charge in [0.25, 0.3) is 5.91 Å². The van der Waals surface area contributed by atoms with Crippen molar-refractivity contribution < 1.29 is 9.90 Å². The van der Waals surface area contributed by atoms with Crippen molar-refractivity contribution in [3.8, 4) is 0 Å². The number of carbonyl (C=O) groups excluding carboxylic acids is 1. The van der Waals surface area contributed by atoms with E-state index in [2.05, 4.69) is 10.3 Å². The minimum absolute atomic E-state index is 0.157. The standard InChI is InChI=1S/C11H16N2O2/c1-3-9-7-12-5-4-10(9)11(15)13-6-8(2)14/h4-5,7-8,14H,3,6H2,1-2H3,(H,13,15). The van der Waals surface area contributed by atoms with Gasteiger partial charge < -0.3 is 10.4 Å². The van der Waals surface area contributed by atoms with Gasteiger partial charge in [-0.3, -0.25) is 9.78 Å². The summed E-state index contributed by atoms with van der Waals surface area (Å²) >= 11 is 0. The van der Waals surface area contributed by atoms with Gasteiger partial charge in [-0.25, -0.2) is 0 Å². The van der Waals surface area contributed by atoms with Crippen molar-refractivity contribution in [1.29, 1.82) is 0 Å². The zero-order chi connectivity index (χ0) is 11.3. The fourth-order valence-corrected chi connectivity index (χ4v) is 1.27. The highest BCUT2D eigenvalue weighted by molar-refractivity contribution is 5.95. The van der Waals surface area contributed by atoms with Gasteiger partial charge in [0.1, 0.15) is 0 Å². The fraction of sp³-hybridized carbons (Fsp3) is 0.455. The van der Waals surface area contributed by atoms with E-state index in [-0.39, 0.29) is 12.5 Å². The van der Waals surface area contributed by atoms with Crippen molar-refractivity contribution in [2.45, 2.75) is 26.4 Å². The van der Waals surface area contributed by atoms with E-state index < -0.39 is 6.10 Å². The second kappa shape index (κ2) is 5.46. The molecule has 1 atom stereocenters. The first-order valence-electron chi connectivity index (χ1n) is 5.04. The largest absolute Gasteiger partial charge is 0.392 e. The monoisotopic (exact) mass is 208 g/mol. The second-order valence-corrected chi connectivity index (χ2v) is 3.45. The first-order chi connectivity index (χ1) is 7.15. The summed E-state index contributed by atoms with van der Waals surface area (Å²) in [5.74, 6) is -0.157. The Morgan fingerprint density at radius 2 is 2.40 bits per heavy atom. The van der Waals surface area contributed by atoms with Crippen LogP contribution in [0, 0.1) is 0 Å². The highest BCUT2D eigenvalue weighted by Crippen LogP contribution is 2.07. The van der Waals surface area contributed by atoms with Crippen LogP contribution < -0.4 is 5.32 Å². The molecule has 1 aromatic heterocycles. The van der Waals surface area contributed by atoms with Crippen LogP contribution in [0.3, 0.4) is 0 Å². The smallest absolute Gasteiger partial charge is 0.251 e. The average Bonchev–Trinajstić information content (AvgIpc) is 2.25. The van der Waals surface area contributed by atoms with Crippen molar-refractivity contribution in [3.05, 3.63) is 29.6 Å². The van der Waals surface area contributed by atoms with Gasteiger partial charge in [-0.15, -0.1) is 0 Å². The third-order valence-electron chi connectivity index (χ3n) is 2.09. The molecule has 15 heavy (non-hydrogen) atoms. The molecular formula is C11H16N2O2. The zero-order valence-corrected chi connectivity index (χ0v) is 9.03. The first-order valence-corrected chi connectivity index (χ1v) is 5.04. The molecule has 1 heterocycles. The maximum atomic E-state index is 11.7. The van der Waals surface area contributed by atoms with Gasteiger partial charge in [0.2, 0.25) is 0 Å². The molecule has 1 unspecified atom stereocenters. The molecule has 1 rings (SSSR count). The van der Waals surface area contributed by atoms with E-state index in [0.29, 0.717) is 5.56 Å². The van der Waals surface area contributed by atoms with E-state index in [4.69, 9.17) is 5.11 Å². The van der Waals surface area contributed by atoms with Gasteiger partial charge in [0.15, 0.2) is 0 Å². The molecule has 4 nitrogen and oxygen atoms in total. The third-order valence-corrected chi connectivity index (χ3v) is 2.09. The lowest BCUT2D eigenvalue weighted by Gasteiger charge is -2.09. The normalized spacial score (nSPS) is 12.2. The van der Waals surface area contributed by atoms with Gasteiger partial charge in [0, 0.05) is 24.5 Å². The SMILES string of the molecule is CCc1cnccc1C(=O)NCC(C)O. The number of nitrogens with zero attached hydrogens (tertiary/aromatic N) is 1. The molecular weight excluding hydrogens is 192 g/mol. The van der Waals surface area contributed by atoms with Crippen molar-refractivity contribution in [2.24, 2.45) is 0 Å². The molecule has 0 saturated heterocycles. The number of nitrogens with one attached hydrogen (secondary N) is 1. The average molecular weight is 208 g/mol. The highest BCUT2D eigenvalue weighted by atomic mass is 16.3. The second-order valence-electron chi connectivity index (χ2n) is 3.45. The Hall–Kier alpha value is -1.42. The summed E-state index contributed by atoms with van der Waals surface area (Å²) in [6.07, 6.45) is 3.53. The van der Waals surface area contributed by atoms with E-state index in [1.807, 2.05) is 6.92 Å². The van der Waals surface area contributed by atoms with Gasteiger partial charge >= 0.3 is 0 Å². The van der Waals surface area contributed by atoms with Crippen LogP contribution in [0.25, 0.3) is 0 Å². The molecule has 0 bridgehead atoms. The first kappa shape index (κ1) is 11.7. The molecule has 2 N–H and O–H groups in total. The predicted molar refractivity (Wildman–Crippen MR) is 57.6 cm³/mol. The van der Waals surface area contributed by atoms with E-state index in [1.165, 1.54) is 0 Å². The summed E-state index contributed by atoms with van der Waals surface area (Å²) < 4.78 is 0. The lowest BCUT2D eigenvalue weighted by Crippen LogP contribution is -2.31. The Labute approximate surface area is 89.3 Å². The molecule has 0 aliphatic heterocycles. The molecule has 0 saturated carbocycles. The molecule has 0 aromatic carbocycles. The molecule has 4 heteroatoms. The number of aromatic nitrogens is 1. The van der Waals surface area contributed by atoms with E-state index in [9.17, 15) is 4.79 Å². The van der Waals surface area contributed by atoms with Crippen LogP contribution in [0.1, 0.15) is 29.8 Å². The molecule has 0 spiro atoms. The summed E-state index contributed by atoms with van der Waals surface area (Å²) in [6, 6.07) is 1.69. The maximum absolute atomic E-state index is 11.7. The van der Waals surface area contributed by atoms with Crippen molar-refractivity contribution in [3.63, 3.8) is 0 Å². The lowest BCUT2D eigenvalue weighted by atomic mass is 10.1. The molecule has 0 aliphatic rings. The minimum atomic E-state index is -0.527. The number of aliphatic hydroxyl groups excluding tert-OH is 1. The number of aliphatic hydroxyl groups is 1. The van der Waals surface area contributed by atoms with Gasteiger partial charge in [-0.2, -0.15) is 0 Å². The lowest BCUT2D eigenvalue weighted by molar-refractivity contribution is 0.0923. The van der Waals surface area contributed by atoms with E-state index in [1.54, 1.807) is 25.4 Å². The van der Waals surface area contributed by atoms with Gasteiger partial charge in [0.05, 0.1) is 6.10 Å². The number of rotatable bonds is 4. The van der Waals surface area contributed by atoms with Crippen LogP contribution in [0.5, 0.6) is 0 Å². The number of pyridine rings is 1. The minimum Gasteiger partial charge on any atom is -0.392 e. The van der Waals surface area contributed by atoms with Crippen LogP contribution in [0.15, 0.2) is 18.5 Å². The molecule has 0 fully saturated rings.